The first-order chi connectivity index (χ1) is 8.29. The van der Waals surface area contributed by atoms with Crippen LogP contribution in [0.5, 0.6) is 0 Å². The molecule has 2 aliphatic rings. The molecule has 4 heteroatoms. The lowest BCUT2D eigenvalue weighted by molar-refractivity contribution is -0.127. The van der Waals surface area contributed by atoms with E-state index in [1.807, 2.05) is 0 Å². The molecule has 17 heavy (non-hydrogen) atoms. The van der Waals surface area contributed by atoms with Crippen LogP contribution in [0.4, 0.5) is 0 Å². The smallest absolute Gasteiger partial charge is 0.223 e. The van der Waals surface area contributed by atoms with Crippen LogP contribution in [0.25, 0.3) is 0 Å². The van der Waals surface area contributed by atoms with E-state index in [1.54, 1.807) is 7.11 Å². The van der Waals surface area contributed by atoms with Gasteiger partial charge in [0.2, 0.25) is 5.91 Å². The summed E-state index contributed by atoms with van der Waals surface area (Å²) in [4.78, 5) is 14.4. The Morgan fingerprint density at radius 1 is 1.29 bits per heavy atom. The van der Waals surface area contributed by atoms with Gasteiger partial charge in [-0.15, -0.1) is 0 Å². The zero-order chi connectivity index (χ0) is 12.1. The van der Waals surface area contributed by atoms with Crippen molar-refractivity contribution in [1.82, 2.24) is 10.2 Å². The van der Waals surface area contributed by atoms with Gasteiger partial charge in [0, 0.05) is 25.6 Å². The van der Waals surface area contributed by atoms with E-state index >= 15 is 0 Å². The maximum atomic E-state index is 12.0. The topological polar surface area (TPSA) is 41.6 Å². The molecule has 2 rings (SSSR count). The molecule has 1 aliphatic carbocycles. The van der Waals surface area contributed by atoms with E-state index < -0.39 is 0 Å². The average Bonchev–Trinajstić information content (AvgIpc) is 2.31. The van der Waals surface area contributed by atoms with E-state index in [4.69, 9.17) is 4.74 Å². The Labute approximate surface area is 104 Å². The molecule has 98 valence electrons. The normalized spacial score (nSPS) is 23.4. The SMILES string of the molecule is COCCN1CCC(C(=O)NC2CCC2)CC1. The number of piperidine rings is 1. The van der Waals surface area contributed by atoms with Crippen LogP contribution in [0.3, 0.4) is 0 Å². The summed E-state index contributed by atoms with van der Waals surface area (Å²) in [5, 5.41) is 3.16. The Bertz CT molecular complexity index is 246. The molecule has 0 radical (unpaired) electrons. The van der Waals surface area contributed by atoms with Gasteiger partial charge in [0.15, 0.2) is 0 Å². The lowest BCUT2D eigenvalue weighted by atomic mass is 9.90. The molecule has 0 spiro atoms. The molecule has 0 aromatic heterocycles. The van der Waals surface area contributed by atoms with Gasteiger partial charge in [0.05, 0.1) is 6.61 Å². The van der Waals surface area contributed by atoms with E-state index in [1.165, 1.54) is 19.3 Å². The Morgan fingerprint density at radius 2 is 2.00 bits per heavy atom. The van der Waals surface area contributed by atoms with Crippen molar-refractivity contribution in [2.24, 2.45) is 5.92 Å². The quantitative estimate of drug-likeness (QED) is 0.780. The lowest BCUT2D eigenvalue weighted by Crippen LogP contribution is -2.46. The average molecular weight is 240 g/mol. The highest BCUT2D eigenvalue weighted by molar-refractivity contribution is 5.79. The number of carbonyl (C=O) groups excluding carboxylic acids is 1. The van der Waals surface area contributed by atoms with Crippen LogP contribution >= 0.6 is 0 Å². The molecule has 1 amide bonds. The molecule has 1 heterocycles. The maximum Gasteiger partial charge on any atom is 0.223 e. The summed E-state index contributed by atoms with van der Waals surface area (Å²) in [5.41, 5.74) is 0. The van der Waals surface area contributed by atoms with Crippen molar-refractivity contribution in [2.75, 3.05) is 33.4 Å². The Kier molecular flexibility index (Phi) is 4.80. The van der Waals surface area contributed by atoms with Crippen molar-refractivity contribution in [2.45, 2.75) is 38.1 Å². The first kappa shape index (κ1) is 12.8. The molecular weight excluding hydrogens is 216 g/mol. The molecule has 1 N–H and O–H groups in total. The Balaban J connectivity index is 1.65. The van der Waals surface area contributed by atoms with Gasteiger partial charge in [-0.3, -0.25) is 4.79 Å². The molecule has 1 saturated heterocycles. The number of amides is 1. The van der Waals surface area contributed by atoms with Gasteiger partial charge in [-0.25, -0.2) is 0 Å². The first-order valence-electron chi connectivity index (χ1n) is 6.81. The third-order valence-corrected chi connectivity index (χ3v) is 4.02. The van der Waals surface area contributed by atoms with Crippen LogP contribution in [-0.4, -0.2) is 50.2 Å². The van der Waals surface area contributed by atoms with Crippen LogP contribution in [-0.2, 0) is 9.53 Å². The minimum Gasteiger partial charge on any atom is -0.383 e. The third kappa shape index (κ3) is 3.68. The lowest BCUT2D eigenvalue weighted by Gasteiger charge is -2.33. The molecule has 2 fully saturated rings. The van der Waals surface area contributed by atoms with Crippen molar-refractivity contribution >= 4 is 5.91 Å². The van der Waals surface area contributed by atoms with Crippen LogP contribution < -0.4 is 5.32 Å². The summed E-state index contributed by atoms with van der Waals surface area (Å²) in [6.07, 6.45) is 5.64. The summed E-state index contributed by atoms with van der Waals surface area (Å²) >= 11 is 0. The number of hydrogen-bond donors (Lipinski definition) is 1. The second-order valence-corrected chi connectivity index (χ2v) is 5.25. The number of carbonyl (C=O) groups is 1. The van der Waals surface area contributed by atoms with Gasteiger partial charge < -0.3 is 15.0 Å². The molecular formula is C13H24N2O2. The van der Waals surface area contributed by atoms with Crippen LogP contribution in [0.2, 0.25) is 0 Å². The molecule has 0 unspecified atom stereocenters. The second kappa shape index (κ2) is 6.36. The number of ether oxygens (including phenoxy) is 1. The van der Waals surface area contributed by atoms with Gasteiger partial charge >= 0.3 is 0 Å². The predicted octanol–water partition coefficient (Wildman–Crippen LogP) is 1.01. The summed E-state index contributed by atoms with van der Waals surface area (Å²) in [6, 6.07) is 0.481. The van der Waals surface area contributed by atoms with Crippen LogP contribution in [0.15, 0.2) is 0 Å². The highest BCUT2D eigenvalue weighted by atomic mass is 16.5. The number of hydrogen-bond acceptors (Lipinski definition) is 3. The zero-order valence-electron chi connectivity index (χ0n) is 10.8. The van der Waals surface area contributed by atoms with Crippen LogP contribution in [0.1, 0.15) is 32.1 Å². The Morgan fingerprint density at radius 3 is 2.53 bits per heavy atom. The Hall–Kier alpha value is -0.610. The predicted molar refractivity (Wildman–Crippen MR) is 66.8 cm³/mol. The van der Waals surface area contributed by atoms with Crippen molar-refractivity contribution in [3.05, 3.63) is 0 Å². The highest BCUT2D eigenvalue weighted by Gasteiger charge is 2.27. The molecule has 0 aromatic rings. The number of likely N-dealkylation sites (tertiary alicyclic amines) is 1. The zero-order valence-corrected chi connectivity index (χ0v) is 10.8. The fraction of sp³-hybridized carbons (Fsp3) is 0.923. The van der Waals surface area contributed by atoms with Gasteiger partial charge in [-0.05, 0) is 45.2 Å². The summed E-state index contributed by atoms with van der Waals surface area (Å²) < 4.78 is 5.07. The van der Waals surface area contributed by atoms with Gasteiger partial charge in [-0.2, -0.15) is 0 Å². The number of nitrogens with zero attached hydrogens (tertiary/aromatic N) is 1. The molecule has 1 aliphatic heterocycles. The van der Waals surface area contributed by atoms with E-state index in [2.05, 4.69) is 10.2 Å². The minimum atomic E-state index is 0.245. The molecule has 0 aromatic carbocycles. The van der Waals surface area contributed by atoms with Crippen molar-refractivity contribution in [3.8, 4) is 0 Å². The van der Waals surface area contributed by atoms with Gasteiger partial charge in [0.1, 0.15) is 0 Å². The van der Waals surface area contributed by atoms with Crippen molar-refractivity contribution in [3.63, 3.8) is 0 Å². The monoisotopic (exact) mass is 240 g/mol. The maximum absolute atomic E-state index is 12.0. The van der Waals surface area contributed by atoms with Gasteiger partial charge in [-0.1, -0.05) is 0 Å². The van der Waals surface area contributed by atoms with E-state index in [-0.39, 0.29) is 5.92 Å². The van der Waals surface area contributed by atoms with Crippen molar-refractivity contribution < 1.29 is 9.53 Å². The number of nitrogens with one attached hydrogen (secondary N) is 1. The number of rotatable bonds is 5. The molecule has 0 atom stereocenters. The fourth-order valence-corrected chi connectivity index (χ4v) is 2.51. The summed E-state index contributed by atoms with van der Waals surface area (Å²) in [5.74, 6) is 0.537. The highest BCUT2D eigenvalue weighted by Crippen LogP contribution is 2.21. The van der Waals surface area contributed by atoms with E-state index in [0.717, 1.165) is 39.1 Å². The van der Waals surface area contributed by atoms with E-state index in [0.29, 0.717) is 11.9 Å². The first-order valence-corrected chi connectivity index (χ1v) is 6.81. The molecule has 4 nitrogen and oxygen atoms in total. The standard InChI is InChI=1S/C13H24N2O2/c1-17-10-9-15-7-5-11(6-8-15)13(16)14-12-3-2-4-12/h11-12H,2-10H2,1H3,(H,14,16). The summed E-state index contributed by atoms with van der Waals surface area (Å²) in [7, 11) is 1.73. The largest absolute Gasteiger partial charge is 0.383 e. The van der Waals surface area contributed by atoms with Gasteiger partial charge in [0.25, 0.3) is 0 Å². The van der Waals surface area contributed by atoms with Crippen molar-refractivity contribution in [1.29, 1.82) is 0 Å². The molecule has 0 bridgehead atoms. The third-order valence-electron chi connectivity index (χ3n) is 4.02. The minimum absolute atomic E-state index is 0.245. The number of methoxy groups -OCH3 is 1. The molecule has 1 saturated carbocycles. The second-order valence-electron chi connectivity index (χ2n) is 5.25. The van der Waals surface area contributed by atoms with Crippen LogP contribution in [0, 0.1) is 5.92 Å². The fourth-order valence-electron chi connectivity index (χ4n) is 2.51. The summed E-state index contributed by atoms with van der Waals surface area (Å²) in [6.45, 7) is 3.85. The van der Waals surface area contributed by atoms with E-state index in [9.17, 15) is 4.79 Å².